The van der Waals surface area contributed by atoms with Gasteiger partial charge in [-0.05, 0) is 12.1 Å². The van der Waals surface area contributed by atoms with Gasteiger partial charge in [0.2, 0.25) is 0 Å². The fourth-order valence-corrected chi connectivity index (χ4v) is 1.93. The molecule has 1 heterocycles. The molecule has 1 aromatic rings. The molecule has 1 saturated heterocycles. The summed E-state index contributed by atoms with van der Waals surface area (Å²) in [5, 5.41) is 0. The fourth-order valence-electron chi connectivity index (χ4n) is 1.93. The Morgan fingerprint density at radius 2 is 2.05 bits per heavy atom. The third-order valence-electron chi connectivity index (χ3n) is 2.91. The van der Waals surface area contributed by atoms with E-state index in [0.29, 0.717) is 24.6 Å². The molecule has 6 heteroatoms. The largest absolute Gasteiger partial charge is 0.497 e. The van der Waals surface area contributed by atoms with E-state index in [1.807, 2.05) is 0 Å². The van der Waals surface area contributed by atoms with Crippen molar-refractivity contribution in [3.8, 4) is 5.75 Å². The molecule has 1 aromatic carbocycles. The molecule has 0 bridgehead atoms. The van der Waals surface area contributed by atoms with E-state index in [9.17, 15) is 9.59 Å². The second-order valence-electron chi connectivity index (χ2n) is 4.13. The van der Waals surface area contributed by atoms with Crippen molar-refractivity contribution in [2.24, 2.45) is 0 Å². The van der Waals surface area contributed by atoms with Gasteiger partial charge >= 0.3 is 6.03 Å². The molecule has 102 valence electrons. The highest BCUT2D eigenvalue weighted by Crippen LogP contribution is 2.25. The maximum Gasteiger partial charge on any atom is 0.331 e. The van der Waals surface area contributed by atoms with E-state index in [0.717, 1.165) is 4.90 Å². The summed E-state index contributed by atoms with van der Waals surface area (Å²) in [5.41, 5.74) is 0.522. The molecular formula is C13H16N2O4. The first-order valence-corrected chi connectivity index (χ1v) is 5.92. The zero-order valence-corrected chi connectivity index (χ0v) is 11.0. The highest BCUT2D eigenvalue weighted by atomic mass is 16.5. The summed E-state index contributed by atoms with van der Waals surface area (Å²) in [7, 11) is 3.10. The Morgan fingerprint density at radius 1 is 1.26 bits per heavy atom. The highest BCUT2D eigenvalue weighted by molar-refractivity contribution is 6.19. The molecule has 0 unspecified atom stereocenters. The summed E-state index contributed by atoms with van der Waals surface area (Å²) in [5.74, 6) is 0.364. The monoisotopic (exact) mass is 264 g/mol. The second kappa shape index (κ2) is 5.71. The van der Waals surface area contributed by atoms with E-state index in [2.05, 4.69) is 0 Å². The smallest absolute Gasteiger partial charge is 0.331 e. The normalized spacial score (nSPS) is 15.3. The molecule has 0 spiro atoms. The second-order valence-corrected chi connectivity index (χ2v) is 4.13. The molecule has 0 aromatic heterocycles. The average molecular weight is 264 g/mol. The number of anilines is 1. The Kier molecular flexibility index (Phi) is 4.01. The van der Waals surface area contributed by atoms with E-state index >= 15 is 0 Å². The lowest BCUT2D eigenvalue weighted by Crippen LogP contribution is -2.34. The summed E-state index contributed by atoms with van der Waals surface area (Å²) in [6.45, 7) is 0.895. The lowest BCUT2D eigenvalue weighted by molar-refractivity contribution is -0.116. The minimum absolute atomic E-state index is 0.0827. The standard InChI is InChI=1S/C13H16N2O4/c1-18-7-6-14-9-12(16)15(13(14)17)10-4-3-5-11(8-10)19-2/h3-5,8H,6-7,9H2,1-2H3. The topological polar surface area (TPSA) is 59.1 Å². The number of ether oxygens (including phenoxy) is 2. The van der Waals surface area contributed by atoms with Gasteiger partial charge in [0, 0.05) is 19.7 Å². The van der Waals surface area contributed by atoms with Gasteiger partial charge in [-0.15, -0.1) is 0 Å². The number of urea groups is 1. The van der Waals surface area contributed by atoms with E-state index in [1.54, 1.807) is 31.4 Å². The van der Waals surface area contributed by atoms with E-state index in [-0.39, 0.29) is 18.5 Å². The number of imide groups is 1. The molecule has 0 radical (unpaired) electrons. The van der Waals surface area contributed by atoms with Crippen molar-refractivity contribution >= 4 is 17.6 Å². The van der Waals surface area contributed by atoms with E-state index < -0.39 is 0 Å². The van der Waals surface area contributed by atoms with Crippen LogP contribution in [-0.2, 0) is 9.53 Å². The van der Waals surface area contributed by atoms with Gasteiger partial charge < -0.3 is 14.4 Å². The first-order chi connectivity index (χ1) is 9.17. The van der Waals surface area contributed by atoms with E-state index in [4.69, 9.17) is 9.47 Å². The van der Waals surface area contributed by atoms with E-state index in [1.165, 1.54) is 12.0 Å². The summed E-state index contributed by atoms with van der Waals surface area (Å²) < 4.78 is 10.0. The van der Waals surface area contributed by atoms with Crippen molar-refractivity contribution in [3.63, 3.8) is 0 Å². The first kappa shape index (κ1) is 13.4. The Hall–Kier alpha value is -2.08. The number of carbonyl (C=O) groups is 2. The lowest BCUT2D eigenvalue weighted by atomic mass is 10.3. The summed E-state index contributed by atoms with van der Waals surface area (Å²) >= 11 is 0. The van der Waals surface area contributed by atoms with Crippen molar-refractivity contribution < 1.29 is 19.1 Å². The summed E-state index contributed by atoms with van der Waals surface area (Å²) in [6.07, 6.45) is 0. The van der Waals surface area contributed by atoms with Gasteiger partial charge in [-0.2, -0.15) is 0 Å². The van der Waals surface area contributed by atoms with Crippen LogP contribution in [0.4, 0.5) is 10.5 Å². The Balaban J connectivity index is 2.19. The van der Waals surface area contributed by atoms with Crippen LogP contribution < -0.4 is 9.64 Å². The number of rotatable bonds is 5. The Bertz CT molecular complexity index is 489. The van der Waals surface area contributed by atoms with Crippen LogP contribution in [0.5, 0.6) is 5.75 Å². The predicted molar refractivity (Wildman–Crippen MR) is 69.3 cm³/mol. The van der Waals surface area contributed by atoms with Gasteiger partial charge in [0.1, 0.15) is 12.3 Å². The zero-order valence-electron chi connectivity index (χ0n) is 11.0. The molecule has 1 aliphatic heterocycles. The number of carbonyl (C=O) groups excluding carboxylic acids is 2. The molecule has 1 fully saturated rings. The van der Waals surface area contributed by atoms with Crippen LogP contribution in [0, 0.1) is 0 Å². The third kappa shape index (κ3) is 2.68. The van der Waals surface area contributed by atoms with Gasteiger partial charge in [0.25, 0.3) is 5.91 Å². The van der Waals surface area contributed by atoms with Crippen LogP contribution in [-0.4, -0.2) is 50.8 Å². The highest BCUT2D eigenvalue weighted by Gasteiger charge is 2.36. The van der Waals surface area contributed by atoms with Crippen LogP contribution in [0.3, 0.4) is 0 Å². The number of amides is 3. The van der Waals surface area contributed by atoms with Crippen molar-refractivity contribution in [1.29, 1.82) is 0 Å². The molecule has 0 aliphatic carbocycles. The zero-order chi connectivity index (χ0) is 13.8. The SMILES string of the molecule is COCCN1CC(=O)N(c2cccc(OC)c2)C1=O. The number of hydrogen-bond acceptors (Lipinski definition) is 4. The molecule has 6 nitrogen and oxygen atoms in total. The van der Waals surface area contributed by atoms with Crippen LogP contribution in [0.25, 0.3) is 0 Å². The molecule has 2 rings (SSSR count). The number of hydrogen-bond donors (Lipinski definition) is 0. The molecule has 19 heavy (non-hydrogen) atoms. The van der Waals surface area contributed by atoms with Gasteiger partial charge in [0.05, 0.1) is 19.4 Å². The van der Waals surface area contributed by atoms with Gasteiger partial charge in [-0.3, -0.25) is 4.79 Å². The minimum Gasteiger partial charge on any atom is -0.497 e. The predicted octanol–water partition coefficient (Wildman–Crippen LogP) is 1.11. The lowest BCUT2D eigenvalue weighted by Gasteiger charge is -2.17. The fraction of sp³-hybridized carbons (Fsp3) is 0.385. The third-order valence-corrected chi connectivity index (χ3v) is 2.91. The number of benzene rings is 1. The van der Waals surface area contributed by atoms with Crippen molar-refractivity contribution in [2.75, 3.05) is 38.8 Å². The number of nitrogens with zero attached hydrogens (tertiary/aromatic N) is 2. The molecule has 0 saturated carbocycles. The van der Waals surface area contributed by atoms with Crippen molar-refractivity contribution in [2.45, 2.75) is 0 Å². The van der Waals surface area contributed by atoms with Gasteiger partial charge in [-0.25, -0.2) is 9.69 Å². The van der Waals surface area contributed by atoms with Gasteiger partial charge in [0.15, 0.2) is 0 Å². The molecule has 0 atom stereocenters. The van der Waals surface area contributed by atoms with Crippen LogP contribution >= 0.6 is 0 Å². The van der Waals surface area contributed by atoms with Crippen LogP contribution in [0.1, 0.15) is 0 Å². The Labute approximate surface area is 111 Å². The minimum atomic E-state index is -0.324. The average Bonchev–Trinajstić information content (AvgIpc) is 2.71. The van der Waals surface area contributed by atoms with Crippen molar-refractivity contribution in [1.82, 2.24) is 4.90 Å². The van der Waals surface area contributed by atoms with Gasteiger partial charge in [-0.1, -0.05) is 6.07 Å². The maximum atomic E-state index is 12.2. The number of methoxy groups -OCH3 is 2. The maximum absolute atomic E-state index is 12.2. The molecule has 1 aliphatic rings. The first-order valence-electron chi connectivity index (χ1n) is 5.92. The summed E-state index contributed by atoms with van der Waals surface area (Å²) in [6, 6.07) is 6.55. The molecule has 3 amide bonds. The quantitative estimate of drug-likeness (QED) is 0.747. The van der Waals surface area contributed by atoms with Crippen molar-refractivity contribution in [3.05, 3.63) is 24.3 Å². The summed E-state index contributed by atoms with van der Waals surface area (Å²) in [4.78, 5) is 26.7. The Morgan fingerprint density at radius 3 is 2.74 bits per heavy atom. The molecular weight excluding hydrogens is 248 g/mol. The molecule has 0 N–H and O–H groups in total. The van der Waals surface area contributed by atoms with Crippen LogP contribution in [0.15, 0.2) is 24.3 Å². The van der Waals surface area contributed by atoms with Crippen LogP contribution in [0.2, 0.25) is 0 Å².